The lowest BCUT2D eigenvalue weighted by atomic mass is 10.1. The molecule has 1 aromatic heterocycles. The number of furan rings is 1. The monoisotopic (exact) mass is 392 g/mol. The number of benzene rings is 2. The third kappa shape index (κ3) is 6.22. The molecular formula is C24H28N2O3. The van der Waals surface area contributed by atoms with E-state index in [-0.39, 0.29) is 11.9 Å². The van der Waals surface area contributed by atoms with E-state index in [0.29, 0.717) is 19.7 Å². The maximum atomic E-state index is 11.7. The summed E-state index contributed by atoms with van der Waals surface area (Å²) in [7, 11) is 0. The van der Waals surface area contributed by atoms with E-state index in [2.05, 4.69) is 37.3 Å². The number of aryl methyl sites for hydroxylation is 1. The molecule has 2 N–H and O–H groups in total. The molecule has 29 heavy (non-hydrogen) atoms. The number of hydrogen-bond acceptors (Lipinski definition) is 4. The van der Waals surface area contributed by atoms with Gasteiger partial charge < -0.3 is 14.9 Å². The van der Waals surface area contributed by atoms with Gasteiger partial charge in [0, 0.05) is 6.54 Å². The number of carbonyl (C=O) groups is 1. The van der Waals surface area contributed by atoms with Crippen LogP contribution in [-0.2, 0) is 24.4 Å². The molecule has 3 rings (SSSR count). The molecule has 152 valence electrons. The van der Waals surface area contributed by atoms with Gasteiger partial charge in [0.2, 0.25) is 5.91 Å². The molecule has 0 spiro atoms. The first kappa shape index (κ1) is 20.7. The van der Waals surface area contributed by atoms with Crippen molar-refractivity contribution < 1.29 is 13.9 Å². The molecule has 0 saturated carbocycles. The first-order valence-corrected chi connectivity index (χ1v) is 9.84. The quantitative estimate of drug-likeness (QED) is 0.564. The van der Waals surface area contributed by atoms with E-state index in [0.717, 1.165) is 29.1 Å². The SMILES string of the molecule is Cc1cccc(COc2cccc(CCN(Cc3ccco3)C(C)C(N)=O)c2)c1. The third-order valence-corrected chi connectivity index (χ3v) is 4.97. The summed E-state index contributed by atoms with van der Waals surface area (Å²) in [5.41, 5.74) is 9.05. The standard InChI is InChI=1S/C24H28N2O3/c1-18-6-3-8-21(14-18)17-29-22-9-4-7-20(15-22)11-12-26(19(2)24(25)27)16-23-10-5-13-28-23/h3-10,13-15,19H,11-12,16-17H2,1-2H3,(H2,25,27). The Bertz CT molecular complexity index is 921. The van der Waals surface area contributed by atoms with Gasteiger partial charge in [0.15, 0.2) is 0 Å². The number of primary amides is 1. The maximum absolute atomic E-state index is 11.7. The highest BCUT2D eigenvalue weighted by Gasteiger charge is 2.20. The van der Waals surface area contributed by atoms with Gasteiger partial charge in [-0.05, 0) is 55.7 Å². The lowest BCUT2D eigenvalue weighted by Crippen LogP contribution is -2.43. The smallest absolute Gasteiger partial charge is 0.234 e. The highest BCUT2D eigenvalue weighted by molar-refractivity contribution is 5.79. The second-order valence-corrected chi connectivity index (χ2v) is 7.30. The van der Waals surface area contributed by atoms with Crippen LogP contribution >= 0.6 is 0 Å². The van der Waals surface area contributed by atoms with Gasteiger partial charge in [-0.2, -0.15) is 0 Å². The summed E-state index contributed by atoms with van der Waals surface area (Å²) in [6, 6.07) is 19.8. The number of carbonyl (C=O) groups excluding carboxylic acids is 1. The summed E-state index contributed by atoms with van der Waals surface area (Å²) < 4.78 is 11.4. The van der Waals surface area contributed by atoms with E-state index in [1.54, 1.807) is 6.26 Å². The predicted octanol–water partition coefficient (Wildman–Crippen LogP) is 4.09. The van der Waals surface area contributed by atoms with Crippen molar-refractivity contribution >= 4 is 5.91 Å². The zero-order valence-corrected chi connectivity index (χ0v) is 17.0. The van der Waals surface area contributed by atoms with Crippen molar-refractivity contribution in [2.24, 2.45) is 5.73 Å². The Balaban J connectivity index is 1.60. The predicted molar refractivity (Wildman–Crippen MR) is 113 cm³/mol. The minimum Gasteiger partial charge on any atom is -0.489 e. The normalized spacial score (nSPS) is 12.1. The molecule has 3 aromatic rings. The third-order valence-electron chi connectivity index (χ3n) is 4.97. The lowest BCUT2D eigenvalue weighted by molar-refractivity contribution is -0.122. The number of hydrogen-bond donors (Lipinski definition) is 1. The van der Waals surface area contributed by atoms with Crippen molar-refractivity contribution in [3.8, 4) is 5.75 Å². The van der Waals surface area contributed by atoms with Crippen molar-refractivity contribution in [3.05, 3.63) is 89.4 Å². The van der Waals surface area contributed by atoms with Crippen molar-refractivity contribution in [1.82, 2.24) is 4.90 Å². The van der Waals surface area contributed by atoms with Gasteiger partial charge in [0.05, 0.1) is 18.8 Å². The van der Waals surface area contributed by atoms with Gasteiger partial charge in [0.1, 0.15) is 18.1 Å². The second kappa shape index (κ2) is 9.94. The van der Waals surface area contributed by atoms with Crippen LogP contribution in [0.1, 0.15) is 29.4 Å². The highest BCUT2D eigenvalue weighted by Crippen LogP contribution is 2.17. The highest BCUT2D eigenvalue weighted by atomic mass is 16.5. The Labute approximate surface area is 172 Å². The number of amides is 1. The van der Waals surface area contributed by atoms with E-state index in [4.69, 9.17) is 14.9 Å². The summed E-state index contributed by atoms with van der Waals surface area (Å²) in [5, 5.41) is 0. The molecule has 1 atom stereocenters. The molecule has 1 heterocycles. The molecule has 0 aliphatic rings. The summed E-state index contributed by atoms with van der Waals surface area (Å²) in [6.45, 7) is 5.67. The van der Waals surface area contributed by atoms with Crippen molar-refractivity contribution in [3.63, 3.8) is 0 Å². The van der Waals surface area contributed by atoms with Crippen LogP contribution in [0.2, 0.25) is 0 Å². The molecule has 0 aliphatic carbocycles. The molecule has 1 unspecified atom stereocenters. The van der Waals surface area contributed by atoms with Crippen LogP contribution in [0.5, 0.6) is 5.75 Å². The zero-order valence-electron chi connectivity index (χ0n) is 17.0. The fraction of sp³-hybridized carbons (Fsp3) is 0.292. The van der Waals surface area contributed by atoms with Crippen LogP contribution < -0.4 is 10.5 Å². The van der Waals surface area contributed by atoms with Gasteiger partial charge >= 0.3 is 0 Å². The van der Waals surface area contributed by atoms with E-state index >= 15 is 0 Å². The van der Waals surface area contributed by atoms with Crippen molar-refractivity contribution in [2.75, 3.05) is 6.54 Å². The number of nitrogens with two attached hydrogens (primary N) is 1. The topological polar surface area (TPSA) is 68.7 Å². The summed E-state index contributed by atoms with van der Waals surface area (Å²) in [6.07, 6.45) is 2.41. The lowest BCUT2D eigenvalue weighted by Gasteiger charge is -2.26. The molecule has 1 amide bonds. The van der Waals surface area contributed by atoms with Crippen molar-refractivity contribution in [2.45, 2.75) is 39.5 Å². The Morgan fingerprint density at radius 2 is 1.90 bits per heavy atom. The van der Waals surface area contributed by atoms with Gasteiger partial charge in [-0.25, -0.2) is 0 Å². The van der Waals surface area contributed by atoms with Gasteiger partial charge in [0.25, 0.3) is 0 Å². The molecule has 5 nitrogen and oxygen atoms in total. The molecule has 0 bridgehead atoms. The Hall–Kier alpha value is -3.05. The van der Waals surface area contributed by atoms with Crippen LogP contribution in [0.15, 0.2) is 71.3 Å². The molecular weight excluding hydrogens is 364 g/mol. The van der Waals surface area contributed by atoms with E-state index in [9.17, 15) is 4.79 Å². The Morgan fingerprint density at radius 3 is 2.62 bits per heavy atom. The molecule has 2 aromatic carbocycles. The number of nitrogens with zero attached hydrogens (tertiary/aromatic N) is 1. The fourth-order valence-electron chi connectivity index (χ4n) is 3.22. The summed E-state index contributed by atoms with van der Waals surface area (Å²) in [4.78, 5) is 13.7. The van der Waals surface area contributed by atoms with E-state index < -0.39 is 0 Å². The molecule has 0 radical (unpaired) electrons. The van der Waals surface area contributed by atoms with Crippen LogP contribution in [0.3, 0.4) is 0 Å². The van der Waals surface area contributed by atoms with Gasteiger partial charge in [-0.3, -0.25) is 9.69 Å². The minimum absolute atomic E-state index is 0.341. The summed E-state index contributed by atoms with van der Waals surface area (Å²) in [5.74, 6) is 1.31. The largest absolute Gasteiger partial charge is 0.489 e. The molecule has 0 aliphatic heterocycles. The average Bonchev–Trinajstić information content (AvgIpc) is 3.22. The van der Waals surface area contributed by atoms with Gasteiger partial charge in [-0.15, -0.1) is 0 Å². The van der Waals surface area contributed by atoms with Crippen LogP contribution in [0, 0.1) is 6.92 Å². The van der Waals surface area contributed by atoms with Crippen LogP contribution in [0.25, 0.3) is 0 Å². The Kier molecular flexibility index (Phi) is 7.09. The first-order valence-electron chi connectivity index (χ1n) is 9.84. The van der Waals surface area contributed by atoms with Crippen molar-refractivity contribution in [1.29, 1.82) is 0 Å². The van der Waals surface area contributed by atoms with E-state index in [1.165, 1.54) is 5.56 Å². The minimum atomic E-state index is -0.374. The fourth-order valence-corrected chi connectivity index (χ4v) is 3.22. The first-order chi connectivity index (χ1) is 14.0. The zero-order chi connectivity index (χ0) is 20.6. The Morgan fingerprint density at radius 1 is 1.10 bits per heavy atom. The average molecular weight is 392 g/mol. The van der Waals surface area contributed by atoms with Crippen LogP contribution in [0.4, 0.5) is 0 Å². The second-order valence-electron chi connectivity index (χ2n) is 7.30. The number of rotatable bonds is 10. The molecule has 5 heteroatoms. The number of ether oxygens (including phenoxy) is 1. The van der Waals surface area contributed by atoms with Gasteiger partial charge in [-0.1, -0.05) is 42.0 Å². The molecule has 0 fully saturated rings. The maximum Gasteiger partial charge on any atom is 0.234 e. The summed E-state index contributed by atoms with van der Waals surface area (Å²) >= 11 is 0. The van der Waals surface area contributed by atoms with Crippen LogP contribution in [-0.4, -0.2) is 23.4 Å². The molecule has 0 saturated heterocycles. The van der Waals surface area contributed by atoms with E-state index in [1.807, 2.05) is 42.2 Å².